The summed E-state index contributed by atoms with van der Waals surface area (Å²) in [5, 5.41) is 4.23. The van der Waals surface area contributed by atoms with E-state index in [1.165, 1.54) is 11.5 Å². The second-order valence-electron chi connectivity index (χ2n) is 3.30. The van der Waals surface area contributed by atoms with Crippen LogP contribution in [0.1, 0.15) is 13.3 Å². The first-order valence-electron chi connectivity index (χ1n) is 4.47. The van der Waals surface area contributed by atoms with Crippen LogP contribution in [-0.2, 0) is 4.74 Å². The molecule has 1 aliphatic heterocycles. The molecule has 0 spiro atoms. The average molecular weight is 199 g/mol. The minimum Gasteiger partial charge on any atom is -0.381 e. The smallest absolute Gasteiger partial charge is 0.202 e. The number of hydrogen-bond acceptors (Lipinski definition) is 5. The first-order valence-corrected chi connectivity index (χ1v) is 5.24. The molecule has 13 heavy (non-hydrogen) atoms. The van der Waals surface area contributed by atoms with Crippen LogP contribution in [0.2, 0.25) is 0 Å². The van der Waals surface area contributed by atoms with Crippen LogP contribution >= 0.6 is 11.5 Å². The van der Waals surface area contributed by atoms with Crippen molar-refractivity contribution >= 4 is 16.7 Å². The van der Waals surface area contributed by atoms with Crippen molar-refractivity contribution in [2.45, 2.75) is 19.4 Å². The van der Waals surface area contributed by atoms with Gasteiger partial charge in [-0.15, -0.1) is 0 Å². The summed E-state index contributed by atoms with van der Waals surface area (Å²) in [6, 6.07) is 0.426. The van der Waals surface area contributed by atoms with E-state index in [2.05, 4.69) is 21.6 Å². The van der Waals surface area contributed by atoms with Gasteiger partial charge < -0.3 is 10.1 Å². The normalized spacial score (nSPS) is 24.5. The molecule has 0 amide bonds. The van der Waals surface area contributed by atoms with E-state index in [4.69, 9.17) is 4.74 Å². The summed E-state index contributed by atoms with van der Waals surface area (Å²) in [7, 11) is 0. The number of nitrogens with zero attached hydrogens (tertiary/aromatic N) is 2. The van der Waals surface area contributed by atoms with E-state index in [1.54, 1.807) is 6.33 Å². The van der Waals surface area contributed by atoms with E-state index < -0.39 is 0 Å². The first-order chi connectivity index (χ1) is 6.36. The average Bonchev–Trinajstić information content (AvgIpc) is 2.74. The van der Waals surface area contributed by atoms with E-state index in [9.17, 15) is 0 Å². The zero-order valence-corrected chi connectivity index (χ0v) is 8.38. The molecular formula is C8H13N3OS. The lowest BCUT2D eigenvalue weighted by Crippen LogP contribution is -2.25. The van der Waals surface area contributed by atoms with Gasteiger partial charge in [-0.2, -0.15) is 4.37 Å². The Morgan fingerprint density at radius 3 is 3.31 bits per heavy atom. The van der Waals surface area contributed by atoms with Gasteiger partial charge in [-0.05, 0) is 13.3 Å². The van der Waals surface area contributed by atoms with E-state index in [-0.39, 0.29) is 0 Å². The van der Waals surface area contributed by atoms with Gasteiger partial charge >= 0.3 is 0 Å². The van der Waals surface area contributed by atoms with Crippen molar-refractivity contribution in [2.75, 3.05) is 18.5 Å². The molecule has 2 atom stereocenters. The maximum atomic E-state index is 5.32. The van der Waals surface area contributed by atoms with Gasteiger partial charge in [-0.25, -0.2) is 4.98 Å². The van der Waals surface area contributed by atoms with Crippen LogP contribution in [0.3, 0.4) is 0 Å². The van der Waals surface area contributed by atoms with Crippen LogP contribution in [0.4, 0.5) is 5.13 Å². The molecule has 5 heteroatoms. The van der Waals surface area contributed by atoms with Crippen molar-refractivity contribution in [3.63, 3.8) is 0 Å². The van der Waals surface area contributed by atoms with Crippen molar-refractivity contribution in [3.05, 3.63) is 6.33 Å². The first kappa shape index (κ1) is 8.90. The molecular weight excluding hydrogens is 186 g/mol. The highest BCUT2D eigenvalue weighted by Crippen LogP contribution is 2.20. The molecule has 0 bridgehead atoms. The molecule has 2 heterocycles. The Hall–Kier alpha value is -0.680. The summed E-state index contributed by atoms with van der Waals surface area (Å²) in [5.41, 5.74) is 0. The molecule has 1 saturated heterocycles. The van der Waals surface area contributed by atoms with Crippen LogP contribution in [0.25, 0.3) is 0 Å². The summed E-state index contributed by atoms with van der Waals surface area (Å²) in [4.78, 5) is 4.08. The third kappa shape index (κ3) is 2.16. The predicted molar refractivity (Wildman–Crippen MR) is 51.9 cm³/mol. The molecule has 2 unspecified atom stereocenters. The maximum absolute atomic E-state index is 5.32. The number of nitrogens with one attached hydrogen (secondary N) is 1. The van der Waals surface area contributed by atoms with E-state index in [0.717, 1.165) is 24.8 Å². The van der Waals surface area contributed by atoms with E-state index in [0.29, 0.717) is 12.0 Å². The second-order valence-corrected chi connectivity index (χ2v) is 4.08. The minimum atomic E-state index is 0.426. The number of rotatable bonds is 3. The highest BCUT2D eigenvalue weighted by Gasteiger charge is 2.22. The Morgan fingerprint density at radius 2 is 2.69 bits per heavy atom. The topological polar surface area (TPSA) is 47.0 Å². The molecule has 1 aromatic heterocycles. The number of anilines is 1. The zero-order chi connectivity index (χ0) is 9.10. The SMILES string of the molecule is CC(Nc1ncns1)C1CCOC1. The van der Waals surface area contributed by atoms with Gasteiger partial charge in [0.2, 0.25) is 5.13 Å². The molecule has 4 nitrogen and oxygen atoms in total. The molecule has 0 saturated carbocycles. The Labute approximate surface area is 81.5 Å². The largest absolute Gasteiger partial charge is 0.381 e. The Morgan fingerprint density at radius 1 is 1.77 bits per heavy atom. The molecule has 2 rings (SSSR count). The zero-order valence-electron chi connectivity index (χ0n) is 7.56. The molecule has 0 aliphatic carbocycles. The third-order valence-corrected chi connectivity index (χ3v) is 2.98. The highest BCUT2D eigenvalue weighted by atomic mass is 32.1. The minimum absolute atomic E-state index is 0.426. The summed E-state index contributed by atoms with van der Waals surface area (Å²) in [6.45, 7) is 3.93. The van der Waals surface area contributed by atoms with Crippen LogP contribution < -0.4 is 5.32 Å². The van der Waals surface area contributed by atoms with Crippen molar-refractivity contribution in [2.24, 2.45) is 5.92 Å². The van der Waals surface area contributed by atoms with Crippen molar-refractivity contribution in [1.82, 2.24) is 9.36 Å². The lowest BCUT2D eigenvalue weighted by molar-refractivity contribution is 0.183. The lowest BCUT2D eigenvalue weighted by Gasteiger charge is -2.17. The van der Waals surface area contributed by atoms with Crippen LogP contribution in [0.15, 0.2) is 6.33 Å². The summed E-state index contributed by atoms with van der Waals surface area (Å²) >= 11 is 1.40. The Kier molecular flexibility index (Phi) is 2.75. The molecule has 1 aromatic rings. The number of aromatic nitrogens is 2. The fourth-order valence-electron chi connectivity index (χ4n) is 1.50. The standard InChI is InChI=1S/C8H13N3OS/c1-6(7-2-3-12-4-7)11-8-9-5-10-13-8/h5-7H,2-4H2,1H3,(H,9,10,11). The molecule has 0 aromatic carbocycles. The lowest BCUT2D eigenvalue weighted by atomic mass is 10.0. The quantitative estimate of drug-likeness (QED) is 0.798. The summed E-state index contributed by atoms with van der Waals surface area (Å²) < 4.78 is 9.26. The van der Waals surface area contributed by atoms with Crippen LogP contribution in [-0.4, -0.2) is 28.6 Å². The van der Waals surface area contributed by atoms with Crippen molar-refractivity contribution in [1.29, 1.82) is 0 Å². The predicted octanol–water partition coefficient (Wildman–Crippen LogP) is 1.37. The van der Waals surface area contributed by atoms with Crippen molar-refractivity contribution in [3.8, 4) is 0 Å². The van der Waals surface area contributed by atoms with Gasteiger partial charge in [0.15, 0.2) is 0 Å². The highest BCUT2D eigenvalue weighted by molar-refractivity contribution is 7.09. The van der Waals surface area contributed by atoms with Gasteiger partial charge in [0.1, 0.15) is 6.33 Å². The van der Waals surface area contributed by atoms with Gasteiger partial charge in [-0.1, -0.05) is 0 Å². The Bertz CT molecular complexity index is 246. The summed E-state index contributed by atoms with van der Waals surface area (Å²) in [6.07, 6.45) is 2.72. The fourth-order valence-corrected chi connectivity index (χ4v) is 2.02. The fraction of sp³-hybridized carbons (Fsp3) is 0.750. The van der Waals surface area contributed by atoms with Gasteiger partial charge in [-0.3, -0.25) is 0 Å². The number of ether oxygens (including phenoxy) is 1. The van der Waals surface area contributed by atoms with Crippen molar-refractivity contribution < 1.29 is 4.74 Å². The monoisotopic (exact) mass is 199 g/mol. The van der Waals surface area contributed by atoms with E-state index >= 15 is 0 Å². The molecule has 1 N–H and O–H groups in total. The molecule has 1 aliphatic rings. The maximum Gasteiger partial charge on any atom is 0.202 e. The molecule has 0 radical (unpaired) electrons. The third-order valence-electron chi connectivity index (χ3n) is 2.38. The number of hydrogen-bond donors (Lipinski definition) is 1. The van der Waals surface area contributed by atoms with E-state index in [1.807, 2.05) is 0 Å². The molecule has 72 valence electrons. The van der Waals surface area contributed by atoms with Gasteiger partial charge in [0.25, 0.3) is 0 Å². The van der Waals surface area contributed by atoms with Gasteiger partial charge in [0.05, 0.1) is 6.61 Å². The summed E-state index contributed by atoms with van der Waals surface area (Å²) in [5.74, 6) is 0.615. The molecule has 1 fully saturated rings. The second kappa shape index (κ2) is 4.02. The van der Waals surface area contributed by atoms with Crippen LogP contribution in [0, 0.1) is 5.92 Å². The van der Waals surface area contributed by atoms with Gasteiger partial charge in [0, 0.05) is 30.1 Å². The Balaban J connectivity index is 1.87. The van der Waals surface area contributed by atoms with Crippen LogP contribution in [0.5, 0.6) is 0 Å².